The van der Waals surface area contributed by atoms with Gasteiger partial charge in [-0.1, -0.05) is 48.5 Å². The van der Waals surface area contributed by atoms with Gasteiger partial charge in [0.15, 0.2) is 11.5 Å². The predicted octanol–water partition coefficient (Wildman–Crippen LogP) is 4.65. The molecule has 0 aliphatic heterocycles. The average Bonchev–Trinajstić information content (AvgIpc) is 2.61. The molecule has 0 amide bonds. The number of hydrogen-bond acceptors (Lipinski definition) is 3. The zero-order chi connectivity index (χ0) is 16.1. The molecule has 3 aromatic rings. The van der Waals surface area contributed by atoms with Crippen LogP contribution in [0, 0.1) is 0 Å². The van der Waals surface area contributed by atoms with Gasteiger partial charge < -0.3 is 14.6 Å². The van der Waals surface area contributed by atoms with Gasteiger partial charge in [-0.05, 0) is 41.0 Å². The molecule has 0 aliphatic carbocycles. The Labute approximate surface area is 135 Å². The van der Waals surface area contributed by atoms with E-state index in [1.165, 1.54) is 7.11 Å². The summed E-state index contributed by atoms with van der Waals surface area (Å²) in [6.45, 7) is 0.545. The van der Waals surface area contributed by atoms with Crippen LogP contribution in [0.3, 0.4) is 0 Å². The van der Waals surface area contributed by atoms with E-state index in [0.29, 0.717) is 12.4 Å². The zero-order valence-corrected chi connectivity index (χ0v) is 12.9. The Hall–Kier alpha value is -2.94. The van der Waals surface area contributed by atoms with Crippen molar-refractivity contribution in [3.05, 3.63) is 78.4 Å². The number of hydrogen-bond donors (Lipinski definition) is 1. The van der Waals surface area contributed by atoms with Gasteiger partial charge in [-0.3, -0.25) is 0 Å². The highest BCUT2D eigenvalue weighted by Crippen LogP contribution is 2.32. The molecule has 0 unspecified atom stereocenters. The van der Waals surface area contributed by atoms with Crippen molar-refractivity contribution in [1.82, 2.24) is 0 Å². The zero-order valence-electron chi connectivity index (χ0n) is 12.9. The Morgan fingerprint density at radius 3 is 2.17 bits per heavy atom. The van der Waals surface area contributed by atoms with E-state index in [1.807, 2.05) is 60.7 Å². The normalized spacial score (nSPS) is 10.3. The molecule has 116 valence electrons. The largest absolute Gasteiger partial charge is 0.504 e. The number of aromatic hydroxyl groups is 1. The van der Waals surface area contributed by atoms with Crippen molar-refractivity contribution in [2.45, 2.75) is 6.61 Å². The fraction of sp³-hybridized carbons (Fsp3) is 0.100. The Balaban J connectivity index is 1.70. The number of ether oxygens (including phenoxy) is 2. The third-order valence-electron chi connectivity index (χ3n) is 3.61. The van der Waals surface area contributed by atoms with E-state index in [9.17, 15) is 5.11 Å². The van der Waals surface area contributed by atoms with E-state index in [4.69, 9.17) is 9.47 Å². The maximum absolute atomic E-state index is 9.87. The SMILES string of the molecule is COc1ccc(-c2ccc(OCc3ccccc3)cc2)cc1O. The lowest BCUT2D eigenvalue weighted by Crippen LogP contribution is -1.94. The minimum Gasteiger partial charge on any atom is -0.504 e. The second-order valence-electron chi connectivity index (χ2n) is 5.19. The molecule has 0 fully saturated rings. The minimum atomic E-state index is 0.134. The van der Waals surface area contributed by atoms with Crippen molar-refractivity contribution >= 4 is 0 Å². The molecule has 0 saturated heterocycles. The molecule has 0 radical (unpaired) electrons. The van der Waals surface area contributed by atoms with Crippen LogP contribution in [-0.2, 0) is 6.61 Å². The lowest BCUT2D eigenvalue weighted by atomic mass is 10.1. The first-order chi connectivity index (χ1) is 11.3. The van der Waals surface area contributed by atoms with Crippen LogP contribution in [0.4, 0.5) is 0 Å². The van der Waals surface area contributed by atoms with Crippen LogP contribution in [0.5, 0.6) is 17.2 Å². The Bertz CT molecular complexity index is 765. The summed E-state index contributed by atoms with van der Waals surface area (Å²) in [7, 11) is 1.54. The van der Waals surface area contributed by atoms with Crippen molar-refractivity contribution in [2.24, 2.45) is 0 Å². The van der Waals surface area contributed by atoms with Crippen LogP contribution < -0.4 is 9.47 Å². The highest BCUT2D eigenvalue weighted by Gasteiger charge is 2.05. The molecule has 3 heteroatoms. The van der Waals surface area contributed by atoms with E-state index in [0.717, 1.165) is 22.4 Å². The molecule has 3 aromatic carbocycles. The van der Waals surface area contributed by atoms with Crippen LogP contribution in [-0.4, -0.2) is 12.2 Å². The van der Waals surface area contributed by atoms with E-state index in [1.54, 1.807) is 12.1 Å². The average molecular weight is 306 g/mol. The smallest absolute Gasteiger partial charge is 0.160 e. The third kappa shape index (κ3) is 3.64. The third-order valence-corrected chi connectivity index (χ3v) is 3.61. The summed E-state index contributed by atoms with van der Waals surface area (Å²) in [5, 5.41) is 9.87. The van der Waals surface area contributed by atoms with E-state index >= 15 is 0 Å². The van der Waals surface area contributed by atoms with Crippen molar-refractivity contribution in [1.29, 1.82) is 0 Å². The van der Waals surface area contributed by atoms with E-state index in [2.05, 4.69) is 0 Å². The van der Waals surface area contributed by atoms with Crippen molar-refractivity contribution in [3.63, 3.8) is 0 Å². The van der Waals surface area contributed by atoms with Gasteiger partial charge in [-0.2, -0.15) is 0 Å². The molecule has 0 bridgehead atoms. The molecule has 23 heavy (non-hydrogen) atoms. The molecule has 0 aliphatic rings. The van der Waals surface area contributed by atoms with Crippen LogP contribution >= 0.6 is 0 Å². The van der Waals surface area contributed by atoms with Crippen LogP contribution in [0.25, 0.3) is 11.1 Å². The summed E-state index contributed by atoms with van der Waals surface area (Å²) >= 11 is 0. The Morgan fingerprint density at radius 2 is 1.52 bits per heavy atom. The molecule has 3 rings (SSSR count). The summed E-state index contributed by atoms with van der Waals surface area (Å²) in [6.07, 6.45) is 0. The van der Waals surface area contributed by atoms with Gasteiger partial charge in [0, 0.05) is 0 Å². The van der Waals surface area contributed by atoms with Crippen LogP contribution in [0.15, 0.2) is 72.8 Å². The molecule has 1 N–H and O–H groups in total. The first kappa shape index (κ1) is 15.0. The van der Waals surface area contributed by atoms with Crippen molar-refractivity contribution in [2.75, 3.05) is 7.11 Å². The molecule has 0 aromatic heterocycles. The number of rotatable bonds is 5. The summed E-state index contributed by atoms with van der Waals surface area (Å²) < 4.78 is 10.8. The molecular weight excluding hydrogens is 288 g/mol. The van der Waals surface area contributed by atoms with E-state index < -0.39 is 0 Å². The minimum absolute atomic E-state index is 0.134. The summed E-state index contributed by atoms with van der Waals surface area (Å²) in [5.41, 5.74) is 3.07. The second-order valence-corrected chi connectivity index (χ2v) is 5.19. The fourth-order valence-corrected chi connectivity index (χ4v) is 2.35. The molecule has 0 heterocycles. The molecule has 3 nitrogen and oxygen atoms in total. The summed E-state index contributed by atoms with van der Waals surface area (Å²) in [4.78, 5) is 0. The van der Waals surface area contributed by atoms with Crippen LogP contribution in [0.2, 0.25) is 0 Å². The van der Waals surface area contributed by atoms with Gasteiger partial charge in [-0.15, -0.1) is 0 Å². The van der Waals surface area contributed by atoms with Crippen molar-refractivity contribution < 1.29 is 14.6 Å². The number of phenols is 1. The van der Waals surface area contributed by atoms with Crippen LogP contribution in [0.1, 0.15) is 5.56 Å². The van der Waals surface area contributed by atoms with Gasteiger partial charge in [0.1, 0.15) is 12.4 Å². The molecular formula is C20H18O3. The van der Waals surface area contributed by atoms with Gasteiger partial charge in [0.2, 0.25) is 0 Å². The summed E-state index contributed by atoms with van der Waals surface area (Å²) in [6, 6.07) is 23.2. The first-order valence-electron chi connectivity index (χ1n) is 7.40. The Kier molecular flexibility index (Phi) is 4.48. The predicted molar refractivity (Wildman–Crippen MR) is 90.9 cm³/mol. The monoisotopic (exact) mass is 306 g/mol. The van der Waals surface area contributed by atoms with Gasteiger partial charge in [0.25, 0.3) is 0 Å². The number of phenolic OH excluding ortho intramolecular Hbond substituents is 1. The highest BCUT2D eigenvalue weighted by atomic mass is 16.5. The second kappa shape index (κ2) is 6.88. The highest BCUT2D eigenvalue weighted by molar-refractivity contribution is 5.67. The number of benzene rings is 3. The fourth-order valence-electron chi connectivity index (χ4n) is 2.35. The molecule has 0 saturated carbocycles. The molecule has 0 atom stereocenters. The van der Waals surface area contributed by atoms with Crippen molar-refractivity contribution in [3.8, 4) is 28.4 Å². The lowest BCUT2D eigenvalue weighted by molar-refractivity contribution is 0.306. The van der Waals surface area contributed by atoms with Gasteiger partial charge in [0.05, 0.1) is 7.11 Å². The Morgan fingerprint density at radius 1 is 0.826 bits per heavy atom. The quantitative estimate of drug-likeness (QED) is 0.746. The van der Waals surface area contributed by atoms with Gasteiger partial charge in [-0.25, -0.2) is 0 Å². The van der Waals surface area contributed by atoms with Gasteiger partial charge >= 0.3 is 0 Å². The molecule has 0 spiro atoms. The lowest BCUT2D eigenvalue weighted by Gasteiger charge is -2.09. The number of methoxy groups -OCH3 is 1. The summed E-state index contributed by atoms with van der Waals surface area (Å²) in [5.74, 6) is 1.42. The first-order valence-corrected chi connectivity index (χ1v) is 7.40. The maximum Gasteiger partial charge on any atom is 0.160 e. The standard InChI is InChI=1S/C20H18O3/c1-22-20-12-9-17(13-19(20)21)16-7-10-18(11-8-16)23-14-15-5-3-2-4-6-15/h2-13,21H,14H2,1H3. The topological polar surface area (TPSA) is 38.7 Å². The van der Waals surface area contributed by atoms with E-state index in [-0.39, 0.29) is 5.75 Å². The maximum atomic E-state index is 9.87.